The highest BCUT2D eigenvalue weighted by atomic mass is 32.1. The summed E-state index contributed by atoms with van der Waals surface area (Å²) in [4.78, 5) is 22.8. The fourth-order valence-electron chi connectivity index (χ4n) is 4.22. The van der Waals surface area contributed by atoms with Crippen LogP contribution in [0, 0.1) is 0 Å². The lowest BCUT2D eigenvalue weighted by Gasteiger charge is -2.28. The highest BCUT2D eigenvalue weighted by molar-refractivity contribution is 7.22. The van der Waals surface area contributed by atoms with Crippen LogP contribution >= 0.6 is 11.3 Å². The summed E-state index contributed by atoms with van der Waals surface area (Å²) >= 11 is 1.46. The first kappa shape index (κ1) is 25.4. The Bertz CT molecular complexity index is 1110. The number of ether oxygens (including phenoxy) is 3. The molecule has 35 heavy (non-hydrogen) atoms. The number of anilines is 1. The molecule has 0 atom stereocenters. The van der Waals surface area contributed by atoms with E-state index in [0.717, 1.165) is 49.7 Å². The largest absolute Gasteiger partial charge is 0.495 e. The van der Waals surface area contributed by atoms with Gasteiger partial charge in [-0.15, -0.1) is 0 Å². The Morgan fingerprint density at radius 3 is 2.34 bits per heavy atom. The van der Waals surface area contributed by atoms with Gasteiger partial charge in [-0.2, -0.15) is 0 Å². The summed E-state index contributed by atoms with van der Waals surface area (Å²) in [6, 6.07) is 11.7. The average molecular weight is 498 g/mol. The Morgan fingerprint density at radius 1 is 1.06 bits per heavy atom. The molecule has 3 aromatic rings. The number of nitrogens with zero attached hydrogens (tertiary/aromatic N) is 3. The number of fused-ring (bicyclic) bond motifs is 1. The third kappa shape index (κ3) is 5.77. The van der Waals surface area contributed by atoms with Gasteiger partial charge in [-0.05, 0) is 41.7 Å². The van der Waals surface area contributed by atoms with Crippen LogP contribution < -0.4 is 14.4 Å². The smallest absolute Gasteiger partial charge is 0.260 e. The molecular weight excluding hydrogens is 462 g/mol. The maximum Gasteiger partial charge on any atom is 0.260 e. The van der Waals surface area contributed by atoms with Crippen molar-refractivity contribution < 1.29 is 19.0 Å². The van der Waals surface area contributed by atoms with E-state index in [1.165, 1.54) is 16.9 Å². The maximum absolute atomic E-state index is 13.8. The first-order valence-corrected chi connectivity index (χ1v) is 12.9. The number of benzene rings is 2. The number of morpholine rings is 1. The Balaban J connectivity index is 1.65. The number of thiazole rings is 1. The molecule has 2 heterocycles. The van der Waals surface area contributed by atoms with Gasteiger partial charge in [0, 0.05) is 31.7 Å². The van der Waals surface area contributed by atoms with Crippen molar-refractivity contribution in [3.05, 3.63) is 47.5 Å². The minimum Gasteiger partial charge on any atom is -0.495 e. The summed E-state index contributed by atoms with van der Waals surface area (Å²) in [5.74, 6) is 1.34. The minimum absolute atomic E-state index is 0.0273. The van der Waals surface area contributed by atoms with Crippen molar-refractivity contribution in [1.82, 2.24) is 9.88 Å². The van der Waals surface area contributed by atoms with Crippen molar-refractivity contribution >= 4 is 32.6 Å². The third-order valence-corrected chi connectivity index (χ3v) is 7.43. The molecule has 8 heteroatoms. The van der Waals surface area contributed by atoms with Crippen LogP contribution in [0.1, 0.15) is 43.1 Å². The average Bonchev–Trinajstić information content (AvgIpc) is 3.31. The topological polar surface area (TPSA) is 64.1 Å². The zero-order valence-electron chi connectivity index (χ0n) is 21.3. The summed E-state index contributed by atoms with van der Waals surface area (Å²) in [7, 11) is 3.27. The van der Waals surface area contributed by atoms with E-state index in [4.69, 9.17) is 19.2 Å². The van der Waals surface area contributed by atoms with Crippen LogP contribution in [0.15, 0.2) is 36.4 Å². The van der Waals surface area contributed by atoms with Crippen molar-refractivity contribution in [3.63, 3.8) is 0 Å². The van der Waals surface area contributed by atoms with E-state index in [1.807, 2.05) is 36.4 Å². The quantitative estimate of drug-likeness (QED) is 0.437. The van der Waals surface area contributed by atoms with Gasteiger partial charge in [-0.25, -0.2) is 4.98 Å². The van der Waals surface area contributed by atoms with E-state index in [-0.39, 0.29) is 11.3 Å². The van der Waals surface area contributed by atoms with Gasteiger partial charge >= 0.3 is 0 Å². The predicted molar refractivity (Wildman–Crippen MR) is 141 cm³/mol. The summed E-state index contributed by atoms with van der Waals surface area (Å²) < 4.78 is 17.4. The van der Waals surface area contributed by atoms with Gasteiger partial charge in [-0.3, -0.25) is 14.6 Å². The molecular formula is C27H35N3O4S. The summed E-state index contributed by atoms with van der Waals surface area (Å²) in [6.07, 6.45) is 0.843. The van der Waals surface area contributed by atoms with Crippen molar-refractivity contribution in [1.29, 1.82) is 0 Å². The number of rotatable bonds is 8. The number of amides is 1. The molecule has 0 N–H and O–H groups in total. The molecule has 2 aromatic carbocycles. The van der Waals surface area contributed by atoms with E-state index < -0.39 is 0 Å². The number of hydrogen-bond acceptors (Lipinski definition) is 7. The standard InChI is InChI=1S/C27H35N3O4S/c1-27(2,3)20-9-7-19(8-10-20)25(31)30(14-6-13-29-15-17-34-18-16-29)26-28-23-21(32-4)11-12-22(33-5)24(23)35-26/h7-12H,6,13-18H2,1-5H3. The summed E-state index contributed by atoms with van der Waals surface area (Å²) in [6.45, 7) is 11.4. The van der Waals surface area contributed by atoms with Crippen molar-refractivity contribution in [2.45, 2.75) is 32.6 Å². The van der Waals surface area contributed by atoms with E-state index in [9.17, 15) is 4.79 Å². The van der Waals surface area contributed by atoms with Crippen LogP contribution in [-0.4, -0.2) is 69.4 Å². The van der Waals surface area contributed by atoms with Crippen LogP contribution in [0.5, 0.6) is 11.5 Å². The molecule has 7 nitrogen and oxygen atoms in total. The monoisotopic (exact) mass is 497 g/mol. The molecule has 0 saturated carbocycles. The Hall–Kier alpha value is -2.68. The van der Waals surface area contributed by atoms with Gasteiger partial charge in [0.2, 0.25) is 0 Å². The van der Waals surface area contributed by atoms with Crippen LogP contribution in [-0.2, 0) is 10.2 Å². The molecule has 1 amide bonds. The second-order valence-electron chi connectivity index (χ2n) is 9.74. The van der Waals surface area contributed by atoms with Gasteiger partial charge in [0.25, 0.3) is 5.91 Å². The van der Waals surface area contributed by atoms with E-state index >= 15 is 0 Å². The van der Waals surface area contributed by atoms with Crippen molar-refractivity contribution in [2.75, 3.05) is 58.5 Å². The van der Waals surface area contributed by atoms with Crippen LogP contribution in [0.2, 0.25) is 0 Å². The summed E-state index contributed by atoms with van der Waals surface area (Å²) in [5, 5.41) is 0.648. The zero-order chi connectivity index (χ0) is 25.0. The van der Waals surface area contributed by atoms with E-state index in [0.29, 0.717) is 28.5 Å². The fraction of sp³-hybridized carbons (Fsp3) is 0.481. The molecule has 0 aliphatic carbocycles. The normalized spacial score (nSPS) is 14.8. The first-order valence-electron chi connectivity index (χ1n) is 12.1. The molecule has 4 rings (SSSR count). The molecule has 0 unspecified atom stereocenters. The van der Waals surface area contributed by atoms with Gasteiger partial charge in [0.1, 0.15) is 21.7 Å². The highest BCUT2D eigenvalue weighted by Gasteiger charge is 2.24. The number of aromatic nitrogens is 1. The lowest BCUT2D eigenvalue weighted by atomic mass is 9.86. The highest BCUT2D eigenvalue weighted by Crippen LogP contribution is 2.40. The van der Waals surface area contributed by atoms with Crippen LogP contribution in [0.4, 0.5) is 5.13 Å². The predicted octanol–water partition coefficient (Wildman–Crippen LogP) is 4.98. The molecule has 188 valence electrons. The molecule has 0 radical (unpaired) electrons. The van der Waals surface area contributed by atoms with Crippen molar-refractivity contribution in [3.8, 4) is 11.5 Å². The number of carbonyl (C=O) groups is 1. The zero-order valence-corrected chi connectivity index (χ0v) is 22.1. The summed E-state index contributed by atoms with van der Waals surface area (Å²) in [5.41, 5.74) is 2.59. The number of carbonyl (C=O) groups excluding carboxylic acids is 1. The SMILES string of the molecule is COc1ccc(OC)c2sc(N(CCCN3CCOCC3)C(=O)c3ccc(C(C)(C)C)cc3)nc12. The first-order chi connectivity index (χ1) is 16.8. The molecule has 1 aliphatic rings. The van der Waals surface area contributed by atoms with Gasteiger partial charge in [-0.1, -0.05) is 44.2 Å². The lowest BCUT2D eigenvalue weighted by Crippen LogP contribution is -2.39. The molecule has 1 fully saturated rings. The second-order valence-corrected chi connectivity index (χ2v) is 10.7. The van der Waals surface area contributed by atoms with Gasteiger partial charge < -0.3 is 14.2 Å². The third-order valence-electron chi connectivity index (χ3n) is 6.33. The van der Waals surface area contributed by atoms with Gasteiger partial charge in [0.05, 0.1) is 27.4 Å². The Labute approximate surface area is 211 Å². The Morgan fingerprint density at radius 2 is 1.71 bits per heavy atom. The number of hydrogen-bond donors (Lipinski definition) is 0. The number of methoxy groups -OCH3 is 2. The molecule has 0 bridgehead atoms. The molecule has 1 aromatic heterocycles. The Kier molecular flexibility index (Phi) is 7.94. The second kappa shape index (κ2) is 10.9. The minimum atomic E-state index is -0.0515. The van der Waals surface area contributed by atoms with Crippen molar-refractivity contribution in [2.24, 2.45) is 0 Å². The van der Waals surface area contributed by atoms with Crippen LogP contribution in [0.3, 0.4) is 0 Å². The lowest BCUT2D eigenvalue weighted by molar-refractivity contribution is 0.0376. The maximum atomic E-state index is 13.8. The van der Waals surface area contributed by atoms with E-state index in [2.05, 4.69) is 25.7 Å². The van der Waals surface area contributed by atoms with Crippen LogP contribution in [0.25, 0.3) is 10.2 Å². The fourth-order valence-corrected chi connectivity index (χ4v) is 5.32. The molecule has 1 saturated heterocycles. The molecule has 1 aliphatic heterocycles. The van der Waals surface area contributed by atoms with Gasteiger partial charge in [0.15, 0.2) is 5.13 Å². The molecule has 0 spiro atoms. The van der Waals surface area contributed by atoms with E-state index in [1.54, 1.807) is 19.1 Å².